The lowest BCUT2D eigenvalue weighted by atomic mass is 10.0. The average Bonchev–Trinajstić information content (AvgIpc) is 3.34. The molecule has 184 valence electrons. The zero-order chi connectivity index (χ0) is 25.0. The number of fused-ring (bicyclic) bond motifs is 1. The maximum Gasteiger partial charge on any atom is 0.250 e. The van der Waals surface area contributed by atoms with Gasteiger partial charge in [0, 0.05) is 50.1 Å². The van der Waals surface area contributed by atoms with Crippen molar-refractivity contribution in [3.63, 3.8) is 0 Å². The van der Waals surface area contributed by atoms with Gasteiger partial charge < -0.3 is 19.3 Å². The first-order valence-electron chi connectivity index (χ1n) is 11.7. The number of furan rings is 1. The highest BCUT2D eigenvalue weighted by atomic mass is 32.2. The molecule has 0 amide bonds. The molecule has 1 saturated heterocycles. The van der Waals surface area contributed by atoms with E-state index in [0.717, 1.165) is 42.5 Å². The molecule has 1 atom stereocenters. The van der Waals surface area contributed by atoms with Crippen LogP contribution in [0, 0.1) is 11.3 Å². The van der Waals surface area contributed by atoms with Crippen LogP contribution in [0.3, 0.4) is 0 Å². The van der Waals surface area contributed by atoms with E-state index in [1.807, 2.05) is 12.1 Å². The van der Waals surface area contributed by atoms with Crippen molar-refractivity contribution in [2.75, 3.05) is 44.7 Å². The molecular formula is C26H30N4O4S. The zero-order valence-corrected chi connectivity index (χ0v) is 20.8. The third kappa shape index (κ3) is 5.92. The second-order valence-electron chi connectivity index (χ2n) is 8.77. The molecule has 1 aliphatic rings. The maximum atomic E-state index is 12.4. The lowest BCUT2D eigenvalue weighted by molar-refractivity contribution is 0.174. The van der Waals surface area contributed by atoms with Gasteiger partial charge in [-0.2, -0.15) is 5.26 Å². The lowest BCUT2D eigenvalue weighted by Crippen LogP contribution is -2.44. The van der Waals surface area contributed by atoms with E-state index in [9.17, 15) is 18.8 Å². The van der Waals surface area contributed by atoms with Crippen molar-refractivity contribution in [2.24, 2.45) is 0 Å². The van der Waals surface area contributed by atoms with Crippen LogP contribution in [0.25, 0.3) is 28.2 Å². The highest BCUT2D eigenvalue weighted by Crippen LogP contribution is 2.29. The Hall–Kier alpha value is -3.16. The standard InChI is InChI=1S/C26H30N4O4S/c1-3-23(31)18-28-35(32,33)25(17-27)16-24-8-9-26(34-24)21-5-4-20-15-22(7-6-19(20)14-21)30-12-10-29(2)11-13-30/h4-9,14-16,23,28,31H,3,10-13,18H2,1-2H3/b25-16+. The fraction of sp³-hybridized carbons (Fsp3) is 0.346. The first-order chi connectivity index (χ1) is 16.8. The Morgan fingerprint density at radius 3 is 2.57 bits per heavy atom. The summed E-state index contributed by atoms with van der Waals surface area (Å²) in [6, 6.07) is 17.6. The molecule has 0 radical (unpaired) electrons. The number of likely N-dealkylation sites (N-methyl/N-ethyl adjacent to an activating group) is 1. The van der Waals surface area contributed by atoms with Crippen LogP contribution >= 0.6 is 0 Å². The van der Waals surface area contributed by atoms with Crippen LogP contribution in [0.5, 0.6) is 0 Å². The van der Waals surface area contributed by atoms with Crippen LogP contribution in [-0.2, 0) is 10.0 Å². The summed E-state index contributed by atoms with van der Waals surface area (Å²) >= 11 is 0. The molecule has 8 nitrogen and oxygen atoms in total. The van der Waals surface area contributed by atoms with Crippen LogP contribution in [0.1, 0.15) is 19.1 Å². The van der Waals surface area contributed by atoms with Crippen LogP contribution in [0.2, 0.25) is 0 Å². The minimum absolute atomic E-state index is 0.158. The molecule has 1 fully saturated rings. The zero-order valence-electron chi connectivity index (χ0n) is 19.9. The van der Waals surface area contributed by atoms with Gasteiger partial charge in [-0.25, -0.2) is 13.1 Å². The van der Waals surface area contributed by atoms with E-state index in [-0.39, 0.29) is 12.3 Å². The van der Waals surface area contributed by atoms with E-state index >= 15 is 0 Å². The predicted octanol–water partition coefficient (Wildman–Crippen LogP) is 3.41. The number of rotatable bonds is 8. The molecule has 1 aliphatic heterocycles. The molecule has 4 rings (SSSR count). The number of benzene rings is 2. The number of piperazine rings is 1. The maximum absolute atomic E-state index is 12.4. The van der Waals surface area contributed by atoms with Crippen molar-refractivity contribution >= 4 is 32.6 Å². The number of anilines is 1. The Morgan fingerprint density at radius 1 is 1.14 bits per heavy atom. The van der Waals surface area contributed by atoms with E-state index in [4.69, 9.17) is 4.42 Å². The van der Waals surface area contributed by atoms with E-state index in [0.29, 0.717) is 12.2 Å². The molecular weight excluding hydrogens is 464 g/mol. The molecule has 1 unspecified atom stereocenters. The van der Waals surface area contributed by atoms with Crippen LogP contribution in [0.4, 0.5) is 5.69 Å². The van der Waals surface area contributed by atoms with Gasteiger partial charge in [-0.05, 0) is 54.6 Å². The summed E-state index contributed by atoms with van der Waals surface area (Å²) in [4.78, 5) is 4.26. The lowest BCUT2D eigenvalue weighted by Gasteiger charge is -2.34. The van der Waals surface area contributed by atoms with Gasteiger partial charge in [-0.1, -0.05) is 25.1 Å². The van der Waals surface area contributed by atoms with Gasteiger partial charge >= 0.3 is 0 Å². The number of nitriles is 1. The summed E-state index contributed by atoms with van der Waals surface area (Å²) in [6.07, 6.45) is 0.775. The predicted molar refractivity (Wildman–Crippen MR) is 138 cm³/mol. The normalized spacial score (nSPS) is 16.4. The quantitative estimate of drug-likeness (QED) is 0.462. The van der Waals surface area contributed by atoms with E-state index < -0.39 is 21.0 Å². The number of aliphatic hydroxyl groups excluding tert-OH is 1. The number of nitrogens with one attached hydrogen (secondary N) is 1. The number of hydrogen-bond acceptors (Lipinski definition) is 7. The number of nitrogens with zero attached hydrogens (tertiary/aromatic N) is 3. The molecule has 2 aromatic carbocycles. The first-order valence-corrected chi connectivity index (χ1v) is 13.1. The van der Waals surface area contributed by atoms with Crippen molar-refractivity contribution in [3.8, 4) is 17.4 Å². The monoisotopic (exact) mass is 494 g/mol. The molecule has 2 N–H and O–H groups in total. The van der Waals surface area contributed by atoms with Gasteiger partial charge in [0.1, 0.15) is 17.6 Å². The summed E-state index contributed by atoms with van der Waals surface area (Å²) in [5.74, 6) is 0.828. The molecule has 0 bridgehead atoms. The van der Waals surface area contributed by atoms with Crippen molar-refractivity contribution in [2.45, 2.75) is 19.4 Å². The number of sulfonamides is 1. The summed E-state index contributed by atoms with van der Waals surface area (Å²) in [5.41, 5.74) is 2.07. The Morgan fingerprint density at radius 2 is 1.86 bits per heavy atom. The van der Waals surface area contributed by atoms with Crippen molar-refractivity contribution in [3.05, 3.63) is 59.2 Å². The Bertz CT molecular complexity index is 1370. The molecule has 0 spiro atoms. The van der Waals surface area contributed by atoms with Gasteiger partial charge in [0.25, 0.3) is 10.0 Å². The first kappa shape index (κ1) is 24.9. The fourth-order valence-electron chi connectivity index (χ4n) is 3.96. The van der Waals surface area contributed by atoms with Crippen molar-refractivity contribution in [1.29, 1.82) is 5.26 Å². The second-order valence-corrected chi connectivity index (χ2v) is 10.5. The van der Waals surface area contributed by atoms with Gasteiger partial charge in [0.2, 0.25) is 0 Å². The molecule has 3 aromatic rings. The molecule has 35 heavy (non-hydrogen) atoms. The average molecular weight is 495 g/mol. The van der Waals surface area contributed by atoms with Crippen LogP contribution < -0.4 is 9.62 Å². The molecule has 9 heteroatoms. The molecule has 0 saturated carbocycles. The summed E-state index contributed by atoms with van der Waals surface area (Å²) in [7, 11) is -1.91. The number of allylic oxidation sites excluding steroid dienone is 1. The third-order valence-corrected chi connectivity index (χ3v) is 7.59. The van der Waals surface area contributed by atoms with Gasteiger partial charge in [-0.3, -0.25) is 0 Å². The molecule has 2 heterocycles. The Balaban J connectivity index is 1.53. The fourth-order valence-corrected chi connectivity index (χ4v) is 4.92. The minimum Gasteiger partial charge on any atom is -0.457 e. The summed E-state index contributed by atoms with van der Waals surface area (Å²) < 4.78 is 32.9. The molecule has 1 aromatic heterocycles. The Kier molecular flexibility index (Phi) is 7.57. The SMILES string of the molecule is CCC(O)CNS(=O)(=O)/C(C#N)=C/c1ccc(-c2ccc3cc(N4CCN(C)CC4)ccc3c2)o1. The van der Waals surface area contributed by atoms with Crippen molar-refractivity contribution < 1.29 is 17.9 Å². The molecule has 0 aliphatic carbocycles. The van der Waals surface area contributed by atoms with Crippen LogP contribution in [-0.4, -0.2) is 64.3 Å². The second kappa shape index (κ2) is 10.6. The number of aliphatic hydroxyl groups is 1. The van der Waals surface area contributed by atoms with Gasteiger partial charge in [0.15, 0.2) is 4.91 Å². The Labute approximate surface area is 206 Å². The van der Waals surface area contributed by atoms with Gasteiger partial charge in [0.05, 0.1) is 6.10 Å². The van der Waals surface area contributed by atoms with E-state index in [1.165, 1.54) is 11.8 Å². The number of hydrogen-bond donors (Lipinski definition) is 2. The minimum atomic E-state index is -4.05. The summed E-state index contributed by atoms with van der Waals surface area (Å²) in [5, 5.41) is 21.2. The van der Waals surface area contributed by atoms with Crippen molar-refractivity contribution in [1.82, 2.24) is 9.62 Å². The summed E-state index contributed by atoms with van der Waals surface area (Å²) in [6.45, 7) is 5.71. The highest BCUT2D eigenvalue weighted by molar-refractivity contribution is 7.93. The topological polar surface area (TPSA) is 110 Å². The third-order valence-electron chi connectivity index (χ3n) is 6.26. The highest BCUT2D eigenvalue weighted by Gasteiger charge is 2.19. The largest absolute Gasteiger partial charge is 0.457 e. The van der Waals surface area contributed by atoms with E-state index in [1.54, 1.807) is 25.1 Å². The smallest absolute Gasteiger partial charge is 0.250 e. The van der Waals surface area contributed by atoms with Gasteiger partial charge in [-0.15, -0.1) is 0 Å². The van der Waals surface area contributed by atoms with E-state index in [2.05, 4.69) is 45.8 Å². The van der Waals surface area contributed by atoms with Crippen LogP contribution in [0.15, 0.2) is 57.9 Å².